The van der Waals surface area contributed by atoms with Gasteiger partial charge in [-0.15, -0.1) is 4.72 Å². The number of hydrogen-bond donors (Lipinski definition) is 1. The minimum atomic E-state index is -4.44. The minimum Gasteiger partial charge on any atom is -0.593 e. The molecule has 1 fully saturated rings. The monoisotopic (exact) mass is 426 g/mol. The molecule has 0 aromatic heterocycles. The Balaban J connectivity index is 1.52. The van der Waals surface area contributed by atoms with Crippen molar-refractivity contribution in [1.82, 2.24) is 9.62 Å². The van der Waals surface area contributed by atoms with Crippen molar-refractivity contribution in [2.24, 2.45) is 0 Å². The third kappa shape index (κ3) is 6.37. The molecule has 0 radical (unpaired) electrons. The van der Waals surface area contributed by atoms with Crippen molar-refractivity contribution in [3.63, 3.8) is 0 Å². The molecule has 0 amide bonds. The average molecular weight is 427 g/mol. The molecular formula is C21H25F3N2O2S. The Morgan fingerprint density at radius 1 is 1.21 bits per heavy atom. The van der Waals surface area contributed by atoms with Gasteiger partial charge in [0.05, 0.1) is 29.1 Å². The highest BCUT2D eigenvalue weighted by molar-refractivity contribution is 7.89. The second-order valence-corrected chi connectivity index (χ2v) is 8.69. The lowest BCUT2D eigenvalue weighted by Gasteiger charge is -2.18. The Morgan fingerprint density at radius 2 is 1.93 bits per heavy atom. The van der Waals surface area contributed by atoms with Crippen molar-refractivity contribution in [1.29, 1.82) is 0 Å². The fraction of sp³-hybridized carbons (Fsp3) is 0.429. The van der Waals surface area contributed by atoms with Gasteiger partial charge < -0.3 is 9.29 Å². The molecule has 1 aliphatic heterocycles. The zero-order chi connectivity index (χ0) is 21.0. The van der Waals surface area contributed by atoms with Crippen LogP contribution in [0.15, 0.2) is 53.4 Å². The van der Waals surface area contributed by atoms with Crippen LogP contribution in [0.1, 0.15) is 31.4 Å². The zero-order valence-corrected chi connectivity index (χ0v) is 17.2. The van der Waals surface area contributed by atoms with Crippen molar-refractivity contribution in [3.05, 3.63) is 59.7 Å². The summed E-state index contributed by atoms with van der Waals surface area (Å²) in [4.78, 5) is 2.37. The number of nitrogens with zero attached hydrogens (tertiary/aromatic N) is 1. The molecule has 0 unspecified atom stereocenters. The molecule has 1 N–H and O–H groups in total. The molecule has 0 aliphatic carbocycles. The molecule has 4 nitrogen and oxygen atoms in total. The van der Waals surface area contributed by atoms with Crippen LogP contribution in [0.3, 0.4) is 0 Å². The Labute approximate surface area is 172 Å². The maximum atomic E-state index is 12.8. The van der Waals surface area contributed by atoms with E-state index in [1.807, 2.05) is 38.1 Å². The highest BCUT2D eigenvalue weighted by Gasteiger charge is 2.32. The number of nitrogens with one attached hydrogen (secondary N) is 1. The van der Waals surface area contributed by atoms with Crippen LogP contribution in [0.4, 0.5) is 13.2 Å². The maximum Gasteiger partial charge on any atom is 0.416 e. The van der Waals surface area contributed by atoms with Gasteiger partial charge in [0, 0.05) is 25.7 Å². The lowest BCUT2D eigenvalue weighted by atomic mass is 10.2. The Kier molecular flexibility index (Phi) is 7.10. The summed E-state index contributed by atoms with van der Waals surface area (Å²) in [6, 6.07) is 12.6. The van der Waals surface area contributed by atoms with Gasteiger partial charge in [-0.25, -0.2) is 0 Å². The molecule has 1 aliphatic rings. The van der Waals surface area contributed by atoms with E-state index >= 15 is 0 Å². The van der Waals surface area contributed by atoms with E-state index in [2.05, 4.69) is 9.62 Å². The molecule has 1 heterocycles. The molecule has 8 heteroatoms. The predicted molar refractivity (Wildman–Crippen MR) is 107 cm³/mol. The van der Waals surface area contributed by atoms with E-state index in [1.165, 1.54) is 12.1 Å². The third-order valence-electron chi connectivity index (χ3n) is 4.62. The molecule has 29 heavy (non-hydrogen) atoms. The normalized spacial score (nSPS) is 18.9. The van der Waals surface area contributed by atoms with Crippen LogP contribution in [0.25, 0.3) is 0 Å². The van der Waals surface area contributed by atoms with Gasteiger partial charge in [-0.05, 0) is 50.1 Å². The summed E-state index contributed by atoms with van der Waals surface area (Å²) in [5, 5.41) is 0. The second-order valence-electron chi connectivity index (χ2n) is 7.44. The fourth-order valence-corrected chi connectivity index (χ4v) is 4.35. The van der Waals surface area contributed by atoms with Gasteiger partial charge in [-0.3, -0.25) is 4.90 Å². The standard InChI is InChI=1S/C21H25F3N2O2S/c1-15(2)28-19-8-6-16(7-9-19)13-26-11-10-18(14-26)25-29(27)20-5-3-4-17(12-20)21(22,23)24/h3-9,12,15,18,25H,10-11,13-14H2,1-2H3/t18-,29+/m1/s1. The van der Waals surface area contributed by atoms with Gasteiger partial charge in [-0.1, -0.05) is 18.2 Å². The molecule has 1 saturated heterocycles. The summed E-state index contributed by atoms with van der Waals surface area (Å²) in [6.07, 6.45) is -3.52. The first-order valence-corrected chi connectivity index (χ1v) is 10.7. The van der Waals surface area contributed by atoms with Crippen LogP contribution in [0, 0.1) is 0 Å². The molecule has 3 rings (SSSR count). The minimum absolute atomic E-state index is 0.0334. The SMILES string of the molecule is CC(C)Oc1ccc(CN2CC[C@@H](N[S@@+]([O-])c3cccc(C(F)(F)F)c3)C2)cc1. The first kappa shape index (κ1) is 22.0. The number of ether oxygens (including phenoxy) is 1. The molecule has 2 atom stereocenters. The molecule has 2 aromatic carbocycles. The highest BCUT2D eigenvalue weighted by atomic mass is 32.2. The average Bonchev–Trinajstić information content (AvgIpc) is 3.09. The maximum absolute atomic E-state index is 12.8. The smallest absolute Gasteiger partial charge is 0.416 e. The topological polar surface area (TPSA) is 47.6 Å². The number of hydrogen-bond acceptors (Lipinski definition) is 4. The van der Waals surface area contributed by atoms with Crippen molar-refractivity contribution in [3.8, 4) is 5.75 Å². The van der Waals surface area contributed by atoms with Crippen molar-refractivity contribution in [2.45, 2.75) is 50.0 Å². The van der Waals surface area contributed by atoms with Gasteiger partial charge in [0.2, 0.25) is 0 Å². The number of halogens is 3. The Hall–Kier alpha value is -1.74. The van der Waals surface area contributed by atoms with Gasteiger partial charge in [0.25, 0.3) is 0 Å². The summed E-state index contributed by atoms with van der Waals surface area (Å²) in [7, 11) is 0. The molecular weight excluding hydrogens is 401 g/mol. The van der Waals surface area contributed by atoms with E-state index in [-0.39, 0.29) is 17.0 Å². The Bertz CT molecular complexity index is 799. The van der Waals surface area contributed by atoms with Gasteiger partial charge in [-0.2, -0.15) is 13.2 Å². The van der Waals surface area contributed by atoms with Crippen LogP contribution in [0.2, 0.25) is 0 Å². The van der Waals surface area contributed by atoms with Crippen molar-refractivity contribution < 1.29 is 22.5 Å². The summed E-state index contributed by atoms with van der Waals surface area (Å²) in [5.41, 5.74) is 0.365. The summed E-state index contributed by atoms with van der Waals surface area (Å²) < 4.78 is 59.6. The first-order valence-electron chi connectivity index (χ1n) is 9.54. The van der Waals surface area contributed by atoms with Crippen LogP contribution in [-0.4, -0.2) is 34.7 Å². The van der Waals surface area contributed by atoms with Gasteiger partial charge in [0.1, 0.15) is 5.75 Å². The highest BCUT2D eigenvalue weighted by Crippen LogP contribution is 2.30. The molecule has 158 valence electrons. The lowest BCUT2D eigenvalue weighted by Crippen LogP contribution is -2.37. The van der Waals surface area contributed by atoms with E-state index in [0.29, 0.717) is 6.54 Å². The number of benzene rings is 2. The predicted octanol–water partition coefficient (Wildman–Crippen LogP) is 4.38. The Morgan fingerprint density at radius 3 is 2.59 bits per heavy atom. The van der Waals surface area contributed by atoms with Crippen molar-refractivity contribution >= 4 is 11.4 Å². The van der Waals surface area contributed by atoms with Crippen molar-refractivity contribution in [2.75, 3.05) is 13.1 Å². The van der Waals surface area contributed by atoms with Crippen LogP contribution >= 0.6 is 0 Å². The van der Waals surface area contributed by atoms with E-state index in [1.54, 1.807) is 0 Å². The second kappa shape index (κ2) is 9.38. The van der Waals surface area contributed by atoms with Crippen LogP contribution < -0.4 is 9.46 Å². The zero-order valence-electron chi connectivity index (χ0n) is 16.4. The quantitative estimate of drug-likeness (QED) is 0.668. The number of alkyl halides is 3. The fourth-order valence-electron chi connectivity index (χ4n) is 3.28. The largest absolute Gasteiger partial charge is 0.593 e. The van der Waals surface area contributed by atoms with E-state index < -0.39 is 23.1 Å². The first-order chi connectivity index (χ1) is 13.7. The van der Waals surface area contributed by atoms with E-state index in [0.717, 1.165) is 43.0 Å². The molecule has 0 saturated carbocycles. The van der Waals surface area contributed by atoms with Crippen LogP contribution in [0.5, 0.6) is 5.75 Å². The summed E-state index contributed by atoms with van der Waals surface area (Å²) in [5.74, 6) is 0.834. The number of rotatable bonds is 7. The van der Waals surface area contributed by atoms with Crippen LogP contribution in [-0.2, 0) is 24.1 Å². The summed E-state index contributed by atoms with van der Waals surface area (Å²) in [6.45, 7) is 6.25. The lowest BCUT2D eigenvalue weighted by molar-refractivity contribution is -0.137. The number of likely N-dealkylation sites (tertiary alicyclic amines) is 1. The van der Waals surface area contributed by atoms with E-state index in [4.69, 9.17) is 4.74 Å². The summed E-state index contributed by atoms with van der Waals surface area (Å²) >= 11 is -1.68. The third-order valence-corrected chi connectivity index (χ3v) is 5.85. The molecule has 0 spiro atoms. The molecule has 0 bridgehead atoms. The van der Waals surface area contributed by atoms with Gasteiger partial charge in [0.15, 0.2) is 4.90 Å². The molecule has 2 aromatic rings. The van der Waals surface area contributed by atoms with Gasteiger partial charge >= 0.3 is 6.18 Å². The van der Waals surface area contributed by atoms with E-state index in [9.17, 15) is 17.7 Å².